The molecule has 2 aliphatic rings. The first-order valence-electron chi connectivity index (χ1n) is 4.15. The molecule has 0 saturated carbocycles. The van der Waals surface area contributed by atoms with Crippen LogP contribution in [0, 0.1) is 0 Å². The fourth-order valence-corrected chi connectivity index (χ4v) is 3.94. The third kappa shape index (κ3) is 1.65. The number of carbonyl (C=O) groups excluding carboxylic acids is 2. The molecule has 1 amide bonds. The van der Waals surface area contributed by atoms with Crippen molar-refractivity contribution in [1.29, 1.82) is 0 Å². The zero-order valence-corrected chi connectivity index (χ0v) is 9.35. The molecule has 0 spiro atoms. The second-order valence-corrected chi connectivity index (χ2v) is 5.71. The van der Waals surface area contributed by atoms with Crippen molar-refractivity contribution in [3.8, 4) is 0 Å². The number of amides is 1. The number of carboxylic acid groups (broad SMARTS) is 1. The summed E-state index contributed by atoms with van der Waals surface area (Å²) in [6, 6.07) is 0. The Kier molecular flexibility index (Phi) is 2.51. The third-order valence-corrected chi connectivity index (χ3v) is 4.28. The molecule has 0 radical (unpaired) electrons. The molecule has 15 heavy (non-hydrogen) atoms. The van der Waals surface area contributed by atoms with Crippen molar-refractivity contribution in [1.82, 2.24) is 4.90 Å². The van der Waals surface area contributed by atoms with Gasteiger partial charge in [0.15, 0.2) is 10.8 Å². The van der Waals surface area contributed by atoms with Gasteiger partial charge in [0.25, 0.3) is 0 Å². The standard InChI is InChI=1S/C8H7NO4S2/c1-3(10)14-8-6(7(12)13)9-4(11)2-5(9)15-8/h5H,2H2,1H3,(H,12,13). The van der Waals surface area contributed by atoms with Crippen molar-refractivity contribution in [3.05, 3.63) is 9.93 Å². The molecular weight excluding hydrogens is 238 g/mol. The minimum Gasteiger partial charge on any atom is -0.477 e. The van der Waals surface area contributed by atoms with Crippen LogP contribution in [0.4, 0.5) is 0 Å². The van der Waals surface area contributed by atoms with Gasteiger partial charge < -0.3 is 5.11 Å². The predicted molar refractivity (Wildman–Crippen MR) is 55.8 cm³/mol. The Morgan fingerprint density at radius 1 is 1.60 bits per heavy atom. The SMILES string of the molecule is CC(=O)SC1=C(C(=O)O)N2C(=O)CC2S1. The van der Waals surface area contributed by atoms with Crippen molar-refractivity contribution in [2.24, 2.45) is 0 Å². The number of nitrogens with zero attached hydrogens (tertiary/aromatic N) is 1. The molecule has 0 aliphatic carbocycles. The highest BCUT2D eigenvalue weighted by molar-refractivity contribution is 8.29. The van der Waals surface area contributed by atoms with Crippen LogP contribution in [0.3, 0.4) is 0 Å². The van der Waals surface area contributed by atoms with Crippen molar-refractivity contribution in [3.63, 3.8) is 0 Å². The highest BCUT2D eigenvalue weighted by atomic mass is 32.2. The summed E-state index contributed by atoms with van der Waals surface area (Å²) in [6.45, 7) is 1.37. The number of carbonyl (C=O) groups is 3. The Balaban J connectivity index is 2.31. The average Bonchev–Trinajstić information content (AvgIpc) is 2.37. The minimum atomic E-state index is -1.15. The lowest BCUT2D eigenvalue weighted by atomic mass is 10.2. The highest BCUT2D eigenvalue weighted by Crippen LogP contribution is 2.50. The third-order valence-electron chi connectivity index (χ3n) is 2.02. The normalized spacial score (nSPS) is 23.9. The summed E-state index contributed by atoms with van der Waals surface area (Å²) in [5, 5.41) is 8.65. The Bertz CT molecular complexity index is 403. The Morgan fingerprint density at radius 3 is 2.73 bits per heavy atom. The zero-order valence-electron chi connectivity index (χ0n) is 7.72. The smallest absolute Gasteiger partial charge is 0.354 e. The van der Waals surface area contributed by atoms with Gasteiger partial charge in [0.1, 0.15) is 0 Å². The van der Waals surface area contributed by atoms with E-state index in [1.54, 1.807) is 0 Å². The van der Waals surface area contributed by atoms with Gasteiger partial charge in [-0.2, -0.15) is 0 Å². The quantitative estimate of drug-likeness (QED) is 0.726. The van der Waals surface area contributed by atoms with Crippen LogP contribution in [0.25, 0.3) is 0 Å². The Hall–Kier alpha value is -0.950. The molecule has 1 N–H and O–H groups in total. The lowest BCUT2D eigenvalue weighted by Crippen LogP contribution is -2.48. The highest BCUT2D eigenvalue weighted by Gasteiger charge is 2.48. The molecule has 2 aliphatic heterocycles. The van der Waals surface area contributed by atoms with E-state index in [4.69, 9.17) is 5.11 Å². The average molecular weight is 245 g/mol. The van der Waals surface area contributed by atoms with Gasteiger partial charge in [-0.25, -0.2) is 4.79 Å². The number of aliphatic carboxylic acids is 1. The van der Waals surface area contributed by atoms with Gasteiger partial charge in [0, 0.05) is 6.92 Å². The van der Waals surface area contributed by atoms with Crippen molar-refractivity contribution >= 4 is 40.5 Å². The largest absolute Gasteiger partial charge is 0.477 e. The second-order valence-electron chi connectivity index (χ2n) is 3.08. The Labute approximate surface area is 93.9 Å². The molecule has 1 atom stereocenters. The summed E-state index contributed by atoms with van der Waals surface area (Å²) in [7, 11) is 0. The fourth-order valence-electron chi connectivity index (χ4n) is 1.42. The lowest BCUT2D eigenvalue weighted by molar-refractivity contribution is -0.145. The van der Waals surface area contributed by atoms with E-state index < -0.39 is 5.97 Å². The number of fused-ring (bicyclic) bond motifs is 1. The van der Waals surface area contributed by atoms with Crippen LogP contribution < -0.4 is 0 Å². The van der Waals surface area contributed by atoms with Crippen molar-refractivity contribution < 1.29 is 19.5 Å². The van der Waals surface area contributed by atoms with Gasteiger partial charge in [-0.05, 0) is 11.8 Å². The van der Waals surface area contributed by atoms with Crippen LogP contribution in [0.15, 0.2) is 9.93 Å². The van der Waals surface area contributed by atoms with E-state index >= 15 is 0 Å². The monoisotopic (exact) mass is 245 g/mol. The van der Waals surface area contributed by atoms with Crippen LogP contribution in [0.2, 0.25) is 0 Å². The van der Waals surface area contributed by atoms with Crippen molar-refractivity contribution in [2.45, 2.75) is 18.7 Å². The first-order chi connectivity index (χ1) is 7.00. The summed E-state index contributed by atoms with van der Waals surface area (Å²) in [5.74, 6) is -1.34. The van der Waals surface area contributed by atoms with Crippen LogP contribution in [-0.4, -0.2) is 32.4 Å². The first kappa shape index (κ1) is 10.6. The van der Waals surface area contributed by atoms with Gasteiger partial charge in [-0.15, -0.1) is 0 Å². The van der Waals surface area contributed by atoms with Gasteiger partial charge in [-0.3, -0.25) is 14.5 Å². The zero-order chi connectivity index (χ0) is 11.2. The van der Waals surface area contributed by atoms with E-state index in [2.05, 4.69) is 0 Å². The van der Waals surface area contributed by atoms with E-state index in [1.807, 2.05) is 0 Å². The molecule has 1 saturated heterocycles. The molecule has 0 bridgehead atoms. The molecule has 0 aromatic carbocycles. The first-order valence-corrected chi connectivity index (χ1v) is 5.85. The van der Waals surface area contributed by atoms with Crippen LogP contribution in [0.1, 0.15) is 13.3 Å². The number of hydrogen-bond donors (Lipinski definition) is 1. The number of hydrogen-bond acceptors (Lipinski definition) is 5. The maximum Gasteiger partial charge on any atom is 0.354 e. The molecule has 2 heterocycles. The van der Waals surface area contributed by atoms with Gasteiger partial charge in [-0.1, -0.05) is 11.8 Å². The summed E-state index contributed by atoms with van der Waals surface area (Å²) in [5.41, 5.74) is -0.0403. The Morgan fingerprint density at radius 2 is 2.27 bits per heavy atom. The van der Waals surface area contributed by atoms with E-state index in [-0.39, 0.29) is 22.1 Å². The van der Waals surface area contributed by atoms with Crippen LogP contribution in [-0.2, 0) is 14.4 Å². The van der Waals surface area contributed by atoms with Crippen LogP contribution >= 0.6 is 23.5 Å². The topological polar surface area (TPSA) is 74.7 Å². The lowest BCUT2D eigenvalue weighted by Gasteiger charge is -2.33. The maximum atomic E-state index is 11.2. The van der Waals surface area contributed by atoms with Crippen LogP contribution in [0.5, 0.6) is 0 Å². The molecule has 5 nitrogen and oxygen atoms in total. The number of rotatable bonds is 2. The second kappa shape index (κ2) is 3.57. The number of carboxylic acids is 1. The summed E-state index contributed by atoms with van der Waals surface area (Å²) in [4.78, 5) is 34.3. The molecule has 1 fully saturated rings. The van der Waals surface area contributed by atoms with E-state index in [9.17, 15) is 14.4 Å². The molecule has 2 rings (SSSR count). The van der Waals surface area contributed by atoms with E-state index in [0.717, 1.165) is 11.8 Å². The van der Waals surface area contributed by atoms with E-state index in [0.29, 0.717) is 10.7 Å². The maximum absolute atomic E-state index is 11.2. The van der Waals surface area contributed by atoms with Crippen molar-refractivity contribution in [2.75, 3.05) is 0 Å². The molecule has 0 aromatic heterocycles. The van der Waals surface area contributed by atoms with Gasteiger partial charge in [0.2, 0.25) is 5.91 Å². The summed E-state index contributed by atoms with van der Waals surface area (Å²) >= 11 is 2.15. The summed E-state index contributed by atoms with van der Waals surface area (Å²) < 4.78 is 0.422. The molecule has 1 unspecified atom stereocenters. The molecule has 80 valence electrons. The van der Waals surface area contributed by atoms with E-state index in [1.165, 1.54) is 23.6 Å². The summed E-state index contributed by atoms with van der Waals surface area (Å²) in [6.07, 6.45) is 0.351. The van der Waals surface area contributed by atoms with Gasteiger partial charge >= 0.3 is 5.97 Å². The molecule has 7 heteroatoms. The fraction of sp³-hybridized carbons (Fsp3) is 0.375. The predicted octanol–water partition coefficient (Wildman–Crippen LogP) is 0.825. The molecular formula is C8H7NO4S2. The minimum absolute atomic E-state index is 0.0403. The number of β-lactam (4-membered cyclic amide) rings is 1. The van der Waals surface area contributed by atoms with Gasteiger partial charge in [0.05, 0.1) is 16.0 Å². The number of thioether (sulfide) groups is 2. The molecule has 0 aromatic rings.